The minimum absolute atomic E-state index is 0.0916. The highest BCUT2D eigenvalue weighted by molar-refractivity contribution is 6.30. The molecule has 1 fully saturated rings. The molecule has 2 atom stereocenters. The third-order valence-electron chi connectivity index (χ3n) is 4.74. The lowest BCUT2D eigenvalue weighted by atomic mass is 9.87. The molecule has 0 amide bonds. The quantitative estimate of drug-likeness (QED) is 0.530. The monoisotopic (exact) mass is 334 g/mol. The molecule has 2 aromatic rings. The molecule has 1 saturated carbocycles. The molecule has 0 bridgehead atoms. The van der Waals surface area contributed by atoms with Crippen LogP contribution in [0.25, 0.3) is 11.1 Å². The molecule has 24 heavy (non-hydrogen) atoms. The maximum atomic E-state index is 12.8. The minimum atomic E-state index is -0.240. The van der Waals surface area contributed by atoms with Crippen molar-refractivity contribution < 1.29 is 4.79 Å². The lowest BCUT2D eigenvalue weighted by Gasteiger charge is -2.16. The first-order valence-corrected chi connectivity index (χ1v) is 8.40. The first kappa shape index (κ1) is 16.6. The maximum absolute atomic E-state index is 12.8. The summed E-state index contributed by atoms with van der Waals surface area (Å²) in [5, 5.41) is 0.711. The Morgan fingerprint density at radius 1 is 1.21 bits per heavy atom. The van der Waals surface area contributed by atoms with Gasteiger partial charge in [-0.15, -0.1) is 12.3 Å². The molecule has 120 valence electrons. The standard InChI is InChI=1S/C22H19ClO/c1-4-5-18-12-15(3)21(22(18)24)20-13-17(7-6-14(20)2)16-8-10-19(23)11-9-16/h1,6-11,13,18,21H,3,5,12H2,2H3. The lowest BCUT2D eigenvalue weighted by molar-refractivity contribution is -0.121. The SMILES string of the molecule is C#CCC1CC(=C)C(c2cc(-c3ccc(Cl)cc3)ccc2C)C1=O. The fraction of sp³-hybridized carbons (Fsp3) is 0.227. The summed E-state index contributed by atoms with van der Waals surface area (Å²) in [6, 6.07) is 14.0. The third kappa shape index (κ3) is 3.03. The van der Waals surface area contributed by atoms with Crippen LogP contribution in [0.3, 0.4) is 0 Å². The summed E-state index contributed by atoms with van der Waals surface area (Å²) in [6.07, 6.45) is 6.58. The number of halogens is 1. The van der Waals surface area contributed by atoms with Gasteiger partial charge in [0, 0.05) is 17.4 Å². The molecule has 0 N–H and O–H groups in total. The Morgan fingerprint density at radius 3 is 2.54 bits per heavy atom. The van der Waals surface area contributed by atoms with E-state index in [4.69, 9.17) is 18.0 Å². The van der Waals surface area contributed by atoms with Crippen LogP contribution in [0.15, 0.2) is 54.6 Å². The van der Waals surface area contributed by atoms with Crippen LogP contribution in [0.4, 0.5) is 0 Å². The number of hydrogen-bond acceptors (Lipinski definition) is 1. The molecule has 3 rings (SSSR count). The average Bonchev–Trinajstić information content (AvgIpc) is 2.84. The Bertz CT molecular complexity index is 839. The predicted molar refractivity (Wildman–Crippen MR) is 100 cm³/mol. The van der Waals surface area contributed by atoms with E-state index in [1.807, 2.05) is 31.2 Å². The summed E-state index contributed by atoms with van der Waals surface area (Å²) in [4.78, 5) is 12.8. The van der Waals surface area contributed by atoms with E-state index >= 15 is 0 Å². The molecule has 1 aliphatic rings. The fourth-order valence-corrected chi connectivity index (χ4v) is 3.56. The lowest BCUT2D eigenvalue weighted by Crippen LogP contribution is -2.13. The molecule has 0 saturated heterocycles. The largest absolute Gasteiger partial charge is 0.298 e. The second-order valence-electron chi connectivity index (χ2n) is 6.38. The van der Waals surface area contributed by atoms with Gasteiger partial charge in [0.15, 0.2) is 0 Å². The van der Waals surface area contributed by atoms with Crippen LogP contribution in [0, 0.1) is 25.2 Å². The van der Waals surface area contributed by atoms with E-state index in [0.29, 0.717) is 17.9 Å². The second kappa shape index (κ2) is 6.67. The summed E-state index contributed by atoms with van der Waals surface area (Å²) in [5.74, 6) is 2.49. The second-order valence-corrected chi connectivity index (χ2v) is 6.82. The Morgan fingerprint density at radius 2 is 1.88 bits per heavy atom. The van der Waals surface area contributed by atoms with Gasteiger partial charge in [-0.1, -0.05) is 48.0 Å². The smallest absolute Gasteiger partial charge is 0.148 e. The van der Waals surface area contributed by atoms with E-state index in [2.05, 4.69) is 30.7 Å². The number of aryl methyl sites for hydroxylation is 1. The zero-order valence-electron chi connectivity index (χ0n) is 13.7. The molecule has 0 radical (unpaired) electrons. The van der Waals surface area contributed by atoms with Gasteiger partial charge in [0.2, 0.25) is 0 Å². The van der Waals surface area contributed by atoms with E-state index in [1.54, 1.807) is 0 Å². The zero-order chi connectivity index (χ0) is 17.3. The number of Topliss-reactive ketones (excluding diaryl/α,β-unsaturated/α-hetero) is 1. The van der Waals surface area contributed by atoms with Crippen molar-refractivity contribution in [2.75, 3.05) is 0 Å². The van der Waals surface area contributed by atoms with Crippen molar-refractivity contribution in [1.82, 2.24) is 0 Å². The Kier molecular flexibility index (Phi) is 4.60. The van der Waals surface area contributed by atoms with Crippen molar-refractivity contribution in [2.24, 2.45) is 5.92 Å². The van der Waals surface area contributed by atoms with Crippen LogP contribution in [0.2, 0.25) is 5.02 Å². The molecule has 1 nitrogen and oxygen atoms in total. The van der Waals surface area contributed by atoms with Crippen molar-refractivity contribution in [3.63, 3.8) is 0 Å². The van der Waals surface area contributed by atoms with Crippen molar-refractivity contribution in [3.8, 4) is 23.5 Å². The van der Waals surface area contributed by atoms with Crippen molar-refractivity contribution in [2.45, 2.75) is 25.7 Å². The van der Waals surface area contributed by atoms with Gasteiger partial charge in [0.25, 0.3) is 0 Å². The summed E-state index contributed by atoms with van der Waals surface area (Å²) in [7, 11) is 0. The highest BCUT2D eigenvalue weighted by Gasteiger charge is 2.38. The summed E-state index contributed by atoms with van der Waals surface area (Å²) in [6.45, 7) is 6.18. The molecule has 0 spiro atoms. The molecular formula is C22H19ClO. The van der Waals surface area contributed by atoms with Crippen LogP contribution in [0.5, 0.6) is 0 Å². The van der Waals surface area contributed by atoms with E-state index in [0.717, 1.165) is 27.8 Å². The van der Waals surface area contributed by atoms with Gasteiger partial charge in [-0.2, -0.15) is 0 Å². The normalized spacial score (nSPS) is 20.2. The molecule has 1 aliphatic carbocycles. The number of benzene rings is 2. The first-order valence-electron chi connectivity index (χ1n) is 8.02. The van der Waals surface area contributed by atoms with Gasteiger partial charge >= 0.3 is 0 Å². The van der Waals surface area contributed by atoms with Crippen LogP contribution in [0.1, 0.15) is 29.9 Å². The number of hydrogen-bond donors (Lipinski definition) is 0. The molecule has 0 heterocycles. The third-order valence-corrected chi connectivity index (χ3v) is 4.99. The van der Waals surface area contributed by atoms with Gasteiger partial charge < -0.3 is 0 Å². The van der Waals surface area contributed by atoms with Crippen LogP contribution < -0.4 is 0 Å². The highest BCUT2D eigenvalue weighted by atomic mass is 35.5. The molecule has 2 aromatic carbocycles. The molecule has 0 aliphatic heterocycles. The number of ketones is 1. The van der Waals surface area contributed by atoms with E-state index in [9.17, 15) is 4.79 Å². The van der Waals surface area contributed by atoms with Crippen LogP contribution in [-0.4, -0.2) is 5.78 Å². The van der Waals surface area contributed by atoms with Gasteiger partial charge in [0.05, 0.1) is 5.92 Å². The number of allylic oxidation sites excluding steroid dienone is 1. The minimum Gasteiger partial charge on any atom is -0.298 e. The molecule has 2 heteroatoms. The van der Waals surface area contributed by atoms with Crippen molar-refractivity contribution in [3.05, 3.63) is 70.8 Å². The van der Waals surface area contributed by atoms with Gasteiger partial charge in [-0.25, -0.2) is 0 Å². The number of carbonyl (C=O) groups is 1. The van der Waals surface area contributed by atoms with Crippen LogP contribution >= 0.6 is 11.6 Å². The molecular weight excluding hydrogens is 316 g/mol. The molecule has 0 aromatic heterocycles. The zero-order valence-corrected chi connectivity index (χ0v) is 14.4. The number of terminal acetylenes is 1. The number of rotatable bonds is 3. The van der Waals surface area contributed by atoms with Gasteiger partial charge in [-0.3, -0.25) is 4.79 Å². The summed E-state index contributed by atoms with van der Waals surface area (Å²) in [5.41, 5.74) is 5.27. The van der Waals surface area contributed by atoms with E-state index in [-0.39, 0.29) is 17.6 Å². The summed E-state index contributed by atoms with van der Waals surface area (Å²) < 4.78 is 0. The topological polar surface area (TPSA) is 17.1 Å². The Labute approximate surface area is 148 Å². The molecule has 2 unspecified atom stereocenters. The Balaban J connectivity index is 2.01. The van der Waals surface area contributed by atoms with Crippen molar-refractivity contribution in [1.29, 1.82) is 0 Å². The van der Waals surface area contributed by atoms with Gasteiger partial charge in [-0.05, 0) is 53.8 Å². The summed E-state index contributed by atoms with van der Waals surface area (Å²) >= 11 is 5.97. The first-order chi connectivity index (χ1) is 11.5. The predicted octanol–water partition coefficient (Wildman–Crippen LogP) is 5.57. The van der Waals surface area contributed by atoms with Crippen LogP contribution in [-0.2, 0) is 4.79 Å². The highest BCUT2D eigenvalue weighted by Crippen LogP contribution is 2.42. The average molecular weight is 335 g/mol. The maximum Gasteiger partial charge on any atom is 0.148 e. The van der Waals surface area contributed by atoms with E-state index in [1.165, 1.54) is 0 Å². The van der Waals surface area contributed by atoms with E-state index < -0.39 is 0 Å². The van der Waals surface area contributed by atoms with Crippen molar-refractivity contribution >= 4 is 17.4 Å². The Hall–Kier alpha value is -2.30. The number of carbonyl (C=O) groups excluding carboxylic acids is 1. The fourth-order valence-electron chi connectivity index (χ4n) is 3.43. The van der Waals surface area contributed by atoms with Gasteiger partial charge in [0.1, 0.15) is 5.78 Å².